The molecule has 0 saturated heterocycles. The first-order chi connectivity index (χ1) is 24.3. The zero-order chi connectivity index (χ0) is 37.5. The maximum absolute atomic E-state index is 13.7. The lowest BCUT2D eigenvalue weighted by molar-refractivity contribution is 0.0458. The molecule has 6 N–H and O–H groups in total. The summed E-state index contributed by atoms with van der Waals surface area (Å²) in [5, 5.41) is 11.4. The van der Waals surface area contributed by atoms with Crippen LogP contribution < -0.4 is 27.0 Å². The molecule has 0 aromatic heterocycles. The highest BCUT2D eigenvalue weighted by Gasteiger charge is 2.22. The Hall–Kier alpha value is -4.76. The number of likely N-dealkylation sites (N-methyl/N-ethyl adjacent to an activating group) is 2. The molecule has 14 heteroatoms. The van der Waals surface area contributed by atoms with Crippen LogP contribution in [0.5, 0.6) is 0 Å². The number of thioether (sulfide) groups is 1. The lowest BCUT2D eigenvalue weighted by Gasteiger charge is -2.18. The zero-order valence-electron chi connectivity index (χ0n) is 30.1. The molecule has 0 saturated carbocycles. The molecule has 0 radical (unpaired) electrons. The lowest BCUT2D eigenvalue weighted by atomic mass is 10.1. The van der Waals surface area contributed by atoms with E-state index < -0.39 is 17.8 Å². The van der Waals surface area contributed by atoms with Gasteiger partial charge >= 0.3 is 5.97 Å². The largest absolute Gasteiger partial charge is 0.462 e. The monoisotopic (exact) mass is 719 g/mol. The Labute approximate surface area is 304 Å². The number of amides is 4. The number of esters is 1. The van der Waals surface area contributed by atoms with Gasteiger partial charge in [-0.1, -0.05) is 26.0 Å². The normalized spacial score (nSPS) is 11.0. The molecule has 0 spiro atoms. The van der Waals surface area contributed by atoms with Crippen molar-refractivity contribution in [2.24, 2.45) is 11.7 Å². The number of anilines is 2. The summed E-state index contributed by atoms with van der Waals surface area (Å²) in [7, 11) is 7.61. The average Bonchev–Trinajstić information content (AvgIpc) is 3.09. The smallest absolute Gasteiger partial charge is 0.338 e. The number of carbonyl (C=O) groups is 5. The summed E-state index contributed by atoms with van der Waals surface area (Å²) < 4.78 is 5.49. The van der Waals surface area contributed by atoms with Crippen LogP contribution in [0.3, 0.4) is 0 Å². The fourth-order valence-electron chi connectivity index (χ4n) is 4.56. The molecule has 0 aliphatic heterocycles. The van der Waals surface area contributed by atoms with Gasteiger partial charge in [-0.25, -0.2) is 4.79 Å². The molecule has 3 aromatic carbocycles. The summed E-state index contributed by atoms with van der Waals surface area (Å²) in [6, 6.07) is 15.6. The Morgan fingerprint density at radius 3 is 1.51 bits per heavy atom. The minimum absolute atomic E-state index is 0.0754. The number of nitrogens with two attached hydrogens (primary N) is 1. The van der Waals surface area contributed by atoms with Gasteiger partial charge in [-0.15, -0.1) is 11.8 Å². The van der Waals surface area contributed by atoms with Crippen LogP contribution in [0.1, 0.15) is 65.6 Å². The first-order valence-corrected chi connectivity index (χ1v) is 17.6. The SMILES string of the molecule is CC(C)COC(=O)c1cc(NC(=O)c2cccc(C(=O)NCCN(C)C)c2)c(SCCN)c(NC(=O)c2cccc(C(=O)NCCN(C)C)c2)c1. The fraction of sp³-hybridized carbons (Fsp3) is 0.378. The standard InChI is InChI=1S/C37H49N7O6S/c1-24(2)23-50-37(49)29-21-30(41-35(47)27-11-7-9-25(19-27)33(45)39-14-16-43(3)4)32(51-18-13-38)31(22-29)42-36(48)28-12-8-10-26(20-28)34(46)40-15-17-44(5)6/h7-12,19-22,24H,13-18,23,38H2,1-6H3,(H,39,45)(H,40,46)(H,41,47)(H,42,48). The molecular formula is C37H49N7O6S. The van der Waals surface area contributed by atoms with Gasteiger partial charge in [0.1, 0.15) is 0 Å². The second kappa shape index (κ2) is 20.2. The number of rotatable bonds is 18. The van der Waals surface area contributed by atoms with Crippen molar-refractivity contribution in [2.45, 2.75) is 18.7 Å². The van der Waals surface area contributed by atoms with E-state index in [9.17, 15) is 24.0 Å². The minimum Gasteiger partial charge on any atom is -0.462 e. The van der Waals surface area contributed by atoms with Gasteiger partial charge < -0.3 is 41.5 Å². The summed E-state index contributed by atoms with van der Waals surface area (Å²) in [6.45, 7) is 6.45. The number of ether oxygens (including phenoxy) is 1. The van der Waals surface area contributed by atoms with Crippen molar-refractivity contribution in [1.29, 1.82) is 0 Å². The Kier molecular flexibility index (Phi) is 16.1. The maximum atomic E-state index is 13.7. The number of benzene rings is 3. The van der Waals surface area contributed by atoms with Crippen molar-refractivity contribution in [3.63, 3.8) is 0 Å². The van der Waals surface area contributed by atoms with Crippen LogP contribution in [-0.4, -0.2) is 113 Å². The zero-order valence-corrected chi connectivity index (χ0v) is 30.9. The second-order valence-corrected chi connectivity index (χ2v) is 13.8. The third-order valence-corrected chi connectivity index (χ3v) is 8.36. The Balaban J connectivity index is 1.98. The predicted molar refractivity (Wildman–Crippen MR) is 202 cm³/mol. The quantitative estimate of drug-likeness (QED) is 0.0965. The topological polar surface area (TPSA) is 175 Å². The van der Waals surface area contributed by atoms with E-state index in [0.717, 1.165) is 0 Å². The number of nitrogens with zero attached hydrogens (tertiary/aromatic N) is 2. The van der Waals surface area contributed by atoms with Crippen molar-refractivity contribution in [3.05, 3.63) is 88.5 Å². The van der Waals surface area contributed by atoms with E-state index in [-0.39, 0.29) is 52.4 Å². The summed E-state index contributed by atoms with van der Waals surface area (Å²) in [5.74, 6) is -1.85. The van der Waals surface area contributed by atoms with Crippen LogP contribution in [0, 0.1) is 5.92 Å². The van der Waals surface area contributed by atoms with Crippen molar-refractivity contribution >= 4 is 52.7 Å². The summed E-state index contributed by atoms with van der Waals surface area (Å²) in [6.07, 6.45) is 0. The number of carbonyl (C=O) groups excluding carboxylic acids is 5. The average molecular weight is 720 g/mol. The van der Waals surface area contributed by atoms with Crippen LogP contribution in [0.15, 0.2) is 65.6 Å². The molecule has 0 aliphatic rings. The lowest BCUT2D eigenvalue weighted by Crippen LogP contribution is -2.31. The molecule has 0 fully saturated rings. The van der Waals surface area contributed by atoms with Gasteiger partial charge in [-0.2, -0.15) is 0 Å². The molecule has 0 aliphatic carbocycles. The van der Waals surface area contributed by atoms with E-state index in [1.807, 2.05) is 51.8 Å². The van der Waals surface area contributed by atoms with Crippen molar-refractivity contribution < 1.29 is 28.7 Å². The van der Waals surface area contributed by atoms with Crippen LogP contribution in [-0.2, 0) is 4.74 Å². The highest BCUT2D eigenvalue weighted by atomic mass is 32.2. The van der Waals surface area contributed by atoms with Gasteiger partial charge in [0, 0.05) is 60.7 Å². The summed E-state index contributed by atoms with van der Waals surface area (Å²) in [5.41, 5.74) is 7.47. The van der Waals surface area contributed by atoms with Gasteiger partial charge in [-0.3, -0.25) is 19.2 Å². The van der Waals surface area contributed by atoms with E-state index in [1.54, 1.807) is 36.4 Å². The number of hydrogen-bond donors (Lipinski definition) is 5. The van der Waals surface area contributed by atoms with Gasteiger partial charge in [0.05, 0.1) is 28.4 Å². The van der Waals surface area contributed by atoms with Crippen molar-refractivity contribution in [1.82, 2.24) is 20.4 Å². The number of hydrogen-bond acceptors (Lipinski definition) is 10. The molecule has 3 rings (SSSR count). The highest BCUT2D eigenvalue weighted by molar-refractivity contribution is 7.99. The van der Waals surface area contributed by atoms with E-state index >= 15 is 0 Å². The second-order valence-electron chi connectivity index (χ2n) is 12.7. The van der Waals surface area contributed by atoms with E-state index in [4.69, 9.17) is 10.5 Å². The fourth-order valence-corrected chi connectivity index (χ4v) is 5.41. The van der Waals surface area contributed by atoms with E-state index in [0.29, 0.717) is 54.5 Å². The third-order valence-electron chi connectivity index (χ3n) is 7.20. The molecule has 0 bridgehead atoms. The minimum atomic E-state index is -0.641. The third kappa shape index (κ3) is 13.1. The van der Waals surface area contributed by atoms with Crippen molar-refractivity contribution in [2.75, 3.05) is 83.9 Å². The maximum Gasteiger partial charge on any atom is 0.338 e. The molecule has 13 nitrogen and oxygen atoms in total. The first kappa shape index (κ1) is 40.7. The molecule has 0 atom stereocenters. The molecule has 3 aromatic rings. The van der Waals surface area contributed by atoms with Crippen LogP contribution in [0.4, 0.5) is 11.4 Å². The molecule has 0 unspecified atom stereocenters. The number of nitrogens with one attached hydrogen (secondary N) is 4. The van der Waals surface area contributed by atoms with Crippen LogP contribution in [0.25, 0.3) is 0 Å². The Morgan fingerprint density at radius 2 is 1.12 bits per heavy atom. The molecule has 274 valence electrons. The molecular weight excluding hydrogens is 671 g/mol. The summed E-state index contributed by atoms with van der Waals surface area (Å²) in [4.78, 5) is 70.4. The molecule has 4 amide bonds. The predicted octanol–water partition coefficient (Wildman–Crippen LogP) is 3.64. The van der Waals surface area contributed by atoms with E-state index in [2.05, 4.69) is 21.3 Å². The van der Waals surface area contributed by atoms with Gasteiger partial charge in [0.2, 0.25) is 0 Å². The van der Waals surface area contributed by atoms with Crippen LogP contribution >= 0.6 is 11.8 Å². The van der Waals surface area contributed by atoms with Crippen molar-refractivity contribution in [3.8, 4) is 0 Å². The first-order valence-electron chi connectivity index (χ1n) is 16.7. The summed E-state index contributed by atoms with van der Waals surface area (Å²) >= 11 is 1.28. The van der Waals surface area contributed by atoms with Gasteiger partial charge in [0.25, 0.3) is 23.6 Å². The highest BCUT2D eigenvalue weighted by Crippen LogP contribution is 2.37. The molecule has 51 heavy (non-hydrogen) atoms. The van der Waals surface area contributed by atoms with Gasteiger partial charge in [0.15, 0.2) is 0 Å². The van der Waals surface area contributed by atoms with E-state index in [1.165, 1.54) is 36.0 Å². The molecule has 0 heterocycles. The Morgan fingerprint density at radius 1 is 0.686 bits per heavy atom. The van der Waals surface area contributed by atoms with Crippen LogP contribution in [0.2, 0.25) is 0 Å². The Bertz CT molecular complexity index is 1590. The van der Waals surface area contributed by atoms with Gasteiger partial charge in [-0.05, 0) is 82.6 Å².